The molecule has 0 saturated carbocycles. The molecule has 0 aromatic heterocycles. The van der Waals surface area contributed by atoms with E-state index in [0.29, 0.717) is 0 Å². The van der Waals surface area contributed by atoms with Crippen molar-refractivity contribution in [1.82, 2.24) is 4.72 Å². The van der Waals surface area contributed by atoms with Gasteiger partial charge in [-0.2, -0.15) is 5.26 Å². The first-order valence-electron chi connectivity index (χ1n) is 5.58. The lowest BCUT2D eigenvalue weighted by molar-refractivity contribution is -0.138. The molecule has 6 nitrogen and oxygen atoms in total. The van der Waals surface area contributed by atoms with Gasteiger partial charge in [0, 0.05) is 0 Å². The van der Waals surface area contributed by atoms with Gasteiger partial charge in [-0.15, -0.1) is 0 Å². The fourth-order valence-electron chi connectivity index (χ4n) is 1.48. The van der Waals surface area contributed by atoms with Crippen LogP contribution in [0.5, 0.6) is 0 Å². The van der Waals surface area contributed by atoms with Crippen LogP contribution in [-0.4, -0.2) is 31.3 Å². The second-order valence-corrected chi connectivity index (χ2v) is 5.80. The monoisotopic (exact) mass is 282 g/mol. The molecule has 0 saturated heterocycles. The van der Waals surface area contributed by atoms with Crippen molar-refractivity contribution < 1.29 is 18.3 Å². The first-order valence-corrected chi connectivity index (χ1v) is 7.23. The molecule has 0 bridgehead atoms. The summed E-state index contributed by atoms with van der Waals surface area (Å²) in [4.78, 5) is 11.1. The zero-order valence-electron chi connectivity index (χ0n) is 10.1. The van der Waals surface area contributed by atoms with E-state index in [4.69, 9.17) is 10.4 Å². The number of carboxylic acid groups (broad SMARTS) is 1. The summed E-state index contributed by atoms with van der Waals surface area (Å²) in [5.41, 5.74) is 0.720. The molecule has 0 unspecified atom stereocenters. The Morgan fingerprint density at radius 2 is 2.00 bits per heavy atom. The molecule has 102 valence electrons. The zero-order chi connectivity index (χ0) is 14.3. The molecule has 7 heteroatoms. The predicted molar refractivity (Wildman–Crippen MR) is 68.7 cm³/mol. The third-order valence-corrected chi connectivity index (χ3v) is 3.77. The van der Waals surface area contributed by atoms with Gasteiger partial charge in [0.25, 0.3) is 0 Å². The summed E-state index contributed by atoms with van der Waals surface area (Å²) in [6.45, 7) is 0. The molecule has 2 N–H and O–H groups in total. The van der Waals surface area contributed by atoms with Gasteiger partial charge in [-0.3, -0.25) is 4.79 Å². The minimum Gasteiger partial charge on any atom is -0.480 e. The van der Waals surface area contributed by atoms with Crippen LogP contribution in [0.2, 0.25) is 0 Å². The van der Waals surface area contributed by atoms with E-state index in [1.165, 1.54) is 0 Å². The molecule has 0 spiro atoms. The van der Waals surface area contributed by atoms with Crippen LogP contribution in [0.25, 0.3) is 0 Å². The SMILES string of the molecule is N#CCCS(=O)(=O)N[C@@H](Cc1ccccc1)C(=O)O. The van der Waals surface area contributed by atoms with Crippen LogP contribution in [0.1, 0.15) is 12.0 Å². The quantitative estimate of drug-likeness (QED) is 0.758. The molecule has 19 heavy (non-hydrogen) atoms. The fourth-order valence-corrected chi connectivity index (χ4v) is 2.58. The van der Waals surface area contributed by atoms with E-state index in [-0.39, 0.29) is 12.8 Å². The first-order chi connectivity index (χ1) is 8.94. The average molecular weight is 282 g/mol. The molecule has 0 radical (unpaired) electrons. The van der Waals surface area contributed by atoms with E-state index in [1.54, 1.807) is 36.4 Å². The van der Waals surface area contributed by atoms with Crippen LogP contribution in [0.3, 0.4) is 0 Å². The van der Waals surface area contributed by atoms with Gasteiger partial charge in [0.05, 0.1) is 18.2 Å². The Hall–Kier alpha value is -1.91. The van der Waals surface area contributed by atoms with Crippen molar-refractivity contribution in [3.63, 3.8) is 0 Å². The van der Waals surface area contributed by atoms with E-state index in [0.717, 1.165) is 5.56 Å². The van der Waals surface area contributed by atoms with Gasteiger partial charge in [-0.25, -0.2) is 13.1 Å². The topological polar surface area (TPSA) is 107 Å². The summed E-state index contributed by atoms with van der Waals surface area (Å²) in [5.74, 6) is -1.65. The van der Waals surface area contributed by atoms with Gasteiger partial charge in [0.15, 0.2) is 0 Å². The van der Waals surface area contributed by atoms with Crippen molar-refractivity contribution in [3.8, 4) is 6.07 Å². The van der Waals surface area contributed by atoms with Crippen LogP contribution in [0, 0.1) is 11.3 Å². The van der Waals surface area contributed by atoms with Gasteiger partial charge in [0.1, 0.15) is 6.04 Å². The molecule has 0 fully saturated rings. The highest BCUT2D eigenvalue weighted by molar-refractivity contribution is 7.89. The summed E-state index contributed by atoms with van der Waals surface area (Å²) in [6.07, 6.45) is -0.116. The van der Waals surface area contributed by atoms with E-state index < -0.39 is 27.8 Å². The minimum atomic E-state index is -3.76. The summed E-state index contributed by atoms with van der Waals surface area (Å²) in [6, 6.07) is 9.21. The predicted octanol–water partition coefficient (Wildman–Crippen LogP) is 0.515. The number of nitrogens with zero attached hydrogens (tertiary/aromatic N) is 1. The Labute approximate surface area is 111 Å². The molecule has 1 aromatic rings. The van der Waals surface area contributed by atoms with Crippen molar-refractivity contribution in [2.24, 2.45) is 0 Å². The Morgan fingerprint density at radius 1 is 1.37 bits per heavy atom. The molecule has 0 aliphatic carbocycles. The Morgan fingerprint density at radius 3 is 2.53 bits per heavy atom. The Bertz CT molecular complexity index is 563. The Kier molecular flexibility index (Phi) is 5.48. The zero-order valence-corrected chi connectivity index (χ0v) is 10.9. The maximum atomic E-state index is 11.6. The van der Waals surface area contributed by atoms with E-state index in [2.05, 4.69) is 4.72 Å². The third-order valence-electron chi connectivity index (χ3n) is 2.39. The molecule has 1 rings (SSSR count). The van der Waals surface area contributed by atoms with Gasteiger partial charge in [-0.1, -0.05) is 30.3 Å². The van der Waals surface area contributed by atoms with Crippen LogP contribution in [-0.2, 0) is 21.2 Å². The number of hydrogen-bond acceptors (Lipinski definition) is 4. The lowest BCUT2D eigenvalue weighted by Crippen LogP contribution is -2.43. The van der Waals surface area contributed by atoms with Gasteiger partial charge < -0.3 is 5.11 Å². The maximum Gasteiger partial charge on any atom is 0.322 e. The van der Waals surface area contributed by atoms with Crippen LogP contribution in [0.15, 0.2) is 30.3 Å². The highest BCUT2D eigenvalue weighted by Crippen LogP contribution is 2.05. The highest BCUT2D eigenvalue weighted by Gasteiger charge is 2.23. The van der Waals surface area contributed by atoms with Crippen molar-refractivity contribution in [1.29, 1.82) is 5.26 Å². The molecular weight excluding hydrogens is 268 g/mol. The normalized spacial score (nSPS) is 12.6. The Balaban J connectivity index is 2.75. The van der Waals surface area contributed by atoms with Gasteiger partial charge in [-0.05, 0) is 12.0 Å². The third kappa shape index (κ3) is 5.50. The lowest BCUT2D eigenvalue weighted by atomic mass is 10.1. The fraction of sp³-hybridized carbons (Fsp3) is 0.333. The summed E-state index contributed by atoms with van der Waals surface area (Å²) in [7, 11) is -3.76. The number of aliphatic carboxylic acids is 1. The van der Waals surface area contributed by atoms with E-state index >= 15 is 0 Å². The maximum absolute atomic E-state index is 11.6. The standard InChI is InChI=1S/C12H14N2O4S/c13-7-4-8-19(17,18)14-11(12(15)16)9-10-5-2-1-3-6-10/h1-3,5-6,11,14H,4,8-9H2,(H,15,16)/t11-/m0/s1. The minimum absolute atomic E-state index is 0.0575. The number of carboxylic acids is 1. The number of sulfonamides is 1. The van der Waals surface area contributed by atoms with Crippen LogP contribution >= 0.6 is 0 Å². The summed E-state index contributed by atoms with van der Waals surface area (Å²) in [5, 5.41) is 17.4. The summed E-state index contributed by atoms with van der Waals surface area (Å²) >= 11 is 0. The number of nitriles is 1. The number of benzene rings is 1. The number of hydrogen-bond donors (Lipinski definition) is 2. The van der Waals surface area contributed by atoms with E-state index in [1.807, 2.05) is 0 Å². The largest absolute Gasteiger partial charge is 0.480 e. The lowest BCUT2D eigenvalue weighted by Gasteiger charge is -2.14. The summed E-state index contributed by atoms with van der Waals surface area (Å²) < 4.78 is 25.2. The van der Waals surface area contributed by atoms with Crippen molar-refractivity contribution >= 4 is 16.0 Å². The number of carbonyl (C=O) groups is 1. The molecule has 1 atom stereocenters. The first kappa shape index (κ1) is 15.1. The second-order valence-electron chi connectivity index (χ2n) is 3.93. The van der Waals surface area contributed by atoms with Crippen molar-refractivity contribution in [2.45, 2.75) is 18.9 Å². The number of rotatable bonds is 7. The molecule has 0 aliphatic rings. The molecule has 0 amide bonds. The van der Waals surface area contributed by atoms with Crippen LogP contribution in [0.4, 0.5) is 0 Å². The van der Waals surface area contributed by atoms with Crippen molar-refractivity contribution in [3.05, 3.63) is 35.9 Å². The average Bonchev–Trinajstić information content (AvgIpc) is 2.36. The molecule has 0 heterocycles. The van der Waals surface area contributed by atoms with Crippen molar-refractivity contribution in [2.75, 3.05) is 5.75 Å². The second kappa shape index (κ2) is 6.87. The van der Waals surface area contributed by atoms with E-state index in [9.17, 15) is 13.2 Å². The van der Waals surface area contributed by atoms with Crippen LogP contribution < -0.4 is 4.72 Å². The van der Waals surface area contributed by atoms with Gasteiger partial charge in [0.2, 0.25) is 10.0 Å². The number of nitrogens with one attached hydrogen (secondary N) is 1. The molecular formula is C12H14N2O4S. The molecule has 0 aliphatic heterocycles. The smallest absolute Gasteiger partial charge is 0.322 e. The van der Waals surface area contributed by atoms with Gasteiger partial charge >= 0.3 is 5.97 Å². The molecule has 1 aromatic carbocycles. The highest BCUT2D eigenvalue weighted by atomic mass is 32.2.